The van der Waals surface area contributed by atoms with Gasteiger partial charge in [0.05, 0.1) is 12.2 Å². The van der Waals surface area contributed by atoms with E-state index in [9.17, 15) is 4.39 Å². The summed E-state index contributed by atoms with van der Waals surface area (Å²) in [6.45, 7) is 7.37. The highest BCUT2D eigenvalue weighted by Gasteiger charge is 2.18. The maximum Gasteiger partial charge on any atom is 0.189 e. The molecule has 0 amide bonds. The Labute approximate surface area is 156 Å². The number of nitrogens with zero attached hydrogens (tertiary/aromatic N) is 3. The van der Waals surface area contributed by atoms with Crippen LogP contribution in [0.5, 0.6) is 0 Å². The van der Waals surface area contributed by atoms with E-state index in [-0.39, 0.29) is 5.82 Å². The van der Waals surface area contributed by atoms with Gasteiger partial charge in [-0.25, -0.2) is 9.38 Å². The SMILES string of the molecule is CCN1CCN(c2ccc(CN=C(N)NC3CCCCC3)cc2F)CC1. The maximum atomic E-state index is 14.6. The Hall–Kier alpha value is -1.82. The summed E-state index contributed by atoms with van der Waals surface area (Å²) in [5, 5.41) is 3.30. The number of benzene rings is 1. The van der Waals surface area contributed by atoms with E-state index in [0.29, 0.717) is 24.2 Å². The summed E-state index contributed by atoms with van der Waals surface area (Å²) >= 11 is 0. The lowest BCUT2D eigenvalue weighted by atomic mass is 9.96. The van der Waals surface area contributed by atoms with Gasteiger partial charge in [0.25, 0.3) is 0 Å². The van der Waals surface area contributed by atoms with Crippen LogP contribution in [0.2, 0.25) is 0 Å². The van der Waals surface area contributed by atoms with E-state index in [0.717, 1.165) is 51.1 Å². The van der Waals surface area contributed by atoms with Crippen molar-refractivity contribution in [2.24, 2.45) is 10.7 Å². The van der Waals surface area contributed by atoms with E-state index in [1.165, 1.54) is 19.3 Å². The molecule has 1 saturated heterocycles. The molecule has 0 unspecified atom stereocenters. The molecule has 0 atom stereocenters. The largest absolute Gasteiger partial charge is 0.370 e. The summed E-state index contributed by atoms with van der Waals surface area (Å²) in [5.74, 6) is 0.304. The van der Waals surface area contributed by atoms with Crippen molar-refractivity contribution in [3.8, 4) is 0 Å². The van der Waals surface area contributed by atoms with Gasteiger partial charge in [0.1, 0.15) is 5.82 Å². The minimum Gasteiger partial charge on any atom is -0.370 e. The molecule has 26 heavy (non-hydrogen) atoms. The number of guanidine groups is 1. The van der Waals surface area contributed by atoms with Gasteiger partial charge in [-0.3, -0.25) is 0 Å². The molecule has 0 aromatic heterocycles. The van der Waals surface area contributed by atoms with Gasteiger partial charge in [-0.05, 0) is 37.1 Å². The van der Waals surface area contributed by atoms with E-state index in [2.05, 4.69) is 27.0 Å². The zero-order chi connectivity index (χ0) is 18.4. The average Bonchev–Trinajstić information content (AvgIpc) is 2.67. The molecular weight excluding hydrogens is 329 g/mol. The maximum absolute atomic E-state index is 14.6. The minimum atomic E-state index is -0.165. The first-order valence-corrected chi connectivity index (χ1v) is 9.98. The molecule has 144 valence electrons. The van der Waals surface area contributed by atoms with Crippen LogP contribution in [0.1, 0.15) is 44.6 Å². The molecule has 1 saturated carbocycles. The van der Waals surface area contributed by atoms with Crippen molar-refractivity contribution in [2.75, 3.05) is 37.6 Å². The van der Waals surface area contributed by atoms with Gasteiger partial charge in [-0.1, -0.05) is 32.3 Å². The number of halogens is 1. The van der Waals surface area contributed by atoms with Crippen molar-refractivity contribution in [3.63, 3.8) is 0 Å². The summed E-state index contributed by atoms with van der Waals surface area (Å²) in [7, 11) is 0. The number of nitrogens with one attached hydrogen (secondary N) is 1. The molecule has 1 aliphatic carbocycles. The van der Waals surface area contributed by atoms with E-state index in [1.807, 2.05) is 12.1 Å². The van der Waals surface area contributed by atoms with Crippen LogP contribution in [-0.2, 0) is 6.54 Å². The summed E-state index contributed by atoms with van der Waals surface area (Å²) in [6, 6.07) is 5.88. The van der Waals surface area contributed by atoms with E-state index >= 15 is 0 Å². The second kappa shape index (κ2) is 9.21. The second-order valence-corrected chi connectivity index (χ2v) is 7.39. The fraction of sp³-hybridized carbons (Fsp3) is 0.650. The van der Waals surface area contributed by atoms with Crippen molar-refractivity contribution < 1.29 is 4.39 Å². The van der Waals surface area contributed by atoms with Gasteiger partial charge in [-0.2, -0.15) is 0 Å². The number of likely N-dealkylation sites (N-methyl/N-ethyl adjacent to an activating group) is 1. The van der Waals surface area contributed by atoms with E-state index in [4.69, 9.17) is 5.73 Å². The number of hydrogen-bond donors (Lipinski definition) is 2. The number of anilines is 1. The van der Waals surface area contributed by atoms with Crippen molar-refractivity contribution in [2.45, 2.75) is 51.6 Å². The van der Waals surface area contributed by atoms with Crippen molar-refractivity contribution >= 4 is 11.6 Å². The third-order valence-corrected chi connectivity index (χ3v) is 5.56. The first-order chi connectivity index (χ1) is 12.7. The predicted octanol–water partition coefficient (Wildman–Crippen LogP) is 2.70. The number of piperazine rings is 1. The molecule has 1 aromatic rings. The van der Waals surface area contributed by atoms with E-state index < -0.39 is 0 Å². The van der Waals surface area contributed by atoms with Gasteiger partial charge in [0.2, 0.25) is 0 Å². The Balaban J connectivity index is 1.54. The van der Waals surface area contributed by atoms with E-state index in [1.54, 1.807) is 6.07 Å². The second-order valence-electron chi connectivity index (χ2n) is 7.39. The zero-order valence-corrected chi connectivity index (χ0v) is 15.9. The zero-order valence-electron chi connectivity index (χ0n) is 15.9. The summed E-state index contributed by atoms with van der Waals surface area (Å²) in [4.78, 5) is 8.91. The van der Waals surface area contributed by atoms with Crippen LogP contribution >= 0.6 is 0 Å². The summed E-state index contributed by atoms with van der Waals surface area (Å²) in [6.07, 6.45) is 6.14. The lowest BCUT2D eigenvalue weighted by Crippen LogP contribution is -2.46. The van der Waals surface area contributed by atoms with Crippen LogP contribution in [0, 0.1) is 5.82 Å². The van der Waals surface area contributed by atoms with Crippen LogP contribution in [0.3, 0.4) is 0 Å². The lowest BCUT2D eigenvalue weighted by Gasteiger charge is -2.35. The number of nitrogens with two attached hydrogens (primary N) is 1. The highest BCUT2D eigenvalue weighted by molar-refractivity contribution is 5.78. The standard InChI is InChI=1S/C20H32FN5/c1-2-25-10-12-26(13-11-25)19-9-8-16(14-18(19)21)15-23-20(22)24-17-6-4-3-5-7-17/h8-9,14,17H,2-7,10-13,15H2,1H3,(H3,22,23,24). The molecule has 3 N–H and O–H groups in total. The fourth-order valence-corrected chi connectivity index (χ4v) is 3.89. The average molecular weight is 362 g/mol. The van der Waals surface area contributed by atoms with Crippen molar-refractivity contribution in [1.82, 2.24) is 10.2 Å². The van der Waals surface area contributed by atoms with Gasteiger partial charge in [-0.15, -0.1) is 0 Å². The molecule has 2 fully saturated rings. The number of aliphatic imine (C=N–C) groups is 1. The Bertz CT molecular complexity index is 604. The van der Waals surface area contributed by atoms with Gasteiger partial charge in [0, 0.05) is 32.2 Å². The van der Waals surface area contributed by atoms with Crippen LogP contribution in [-0.4, -0.2) is 49.6 Å². The molecule has 1 aromatic carbocycles. The molecule has 1 heterocycles. The van der Waals surface area contributed by atoms with Gasteiger partial charge < -0.3 is 20.9 Å². The topological polar surface area (TPSA) is 56.9 Å². The first kappa shape index (κ1) is 19.0. The quantitative estimate of drug-likeness (QED) is 0.625. The van der Waals surface area contributed by atoms with Crippen LogP contribution in [0.4, 0.5) is 10.1 Å². The molecule has 5 nitrogen and oxygen atoms in total. The molecule has 3 rings (SSSR count). The molecular formula is C20H32FN5. The van der Waals surface area contributed by atoms with Crippen molar-refractivity contribution in [3.05, 3.63) is 29.6 Å². The highest BCUT2D eigenvalue weighted by Crippen LogP contribution is 2.22. The molecule has 6 heteroatoms. The minimum absolute atomic E-state index is 0.165. The molecule has 0 spiro atoms. The Morgan fingerprint density at radius 1 is 1.19 bits per heavy atom. The number of rotatable bonds is 5. The Kier molecular flexibility index (Phi) is 6.72. The van der Waals surface area contributed by atoms with Crippen LogP contribution in [0.15, 0.2) is 23.2 Å². The smallest absolute Gasteiger partial charge is 0.189 e. The summed E-state index contributed by atoms with van der Waals surface area (Å²) < 4.78 is 14.6. The third-order valence-electron chi connectivity index (χ3n) is 5.56. The molecule has 1 aliphatic heterocycles. The normalized spacial score (nSPS) is 20.4. The predicted molar refractivity (Wildman–Crippen MR) is 106 cm³/mol. The Morgan fingerprint density at radius 2 is 1.92 bits per heavy atom. The molecule has 0 radical (unpaired) electrons. The number of hydrogen-bond acceptors (Lipinski definition) is 3. The lowest BCUT2D eigenvalue weighted by molar-refractivity contribution is 0.270. The monoisotopic (exact) mass is 361 g/mol. The summed E-state index contributed by atoms with van der Waals surface area (Å²) in [5.41, 5.74) is 7.55. The highest BCUT2D eigenvalue weighted by atomic mass is 19.1. The van der Waals surface area contributed by atoms with Crippen LogP contribution < -0.4 is 16.0 Å². The Morgan fingerprint density at radius 3 is 2.58 bits per heavy atom. The van der Waals surface area contributed by atoms with Crippen LogP contribution in [0.25, 0.3) is 0 Å². The fourth-order valence-electron chi connectivity index (χ4n) is 3.89. The van der Waals surface area contributed by atoms with Gasteiger partial charge >= 0.3 is 0 Å². The third kappa shape index (κ3) is 5.10. The molecule has 2 aliphatic rings. The van der Waals surface area contributed by atoms with Crippen molar-refractivity contribution in [1.29, 1.82) is 0 Å². The first-order valence-electron chi connectivity index (χ1n) is 9.98. The molecule has 0 bridgehead atoms. The van der Waals surface area contributed by atoms with Gasteiger partial charge in [0.15, 0.2) is 5.96 Å².